The first-order valence-electron chi connectivity index (χ1n) is 30.1. The van der Waals surface area contributed by atoms with Crippen LogP contribution in [0.4, 0.5) is 0 Å². The van der Waals surface area contributed by atoms with E-state index in [0.29, 0.717) is 6.42 Å². The standard InChI is InChI=1S/C65H111NO8/c1-3-5-7-9-11-13-15-17-19-21-22-23-24-25-26-27-28-29-30-31-32-33-34-35-36-37-38-39-41-43-45-47-49-51-53-55-61(69)66-58(57-73-65-64(72)63(71)62(70)60(56-67)74-65)59(68)54-52-50-48-46-44-42-40-20-18-16-14-12-10-8-6-4-2/h5,7,11,13,17-20,22-23,25-26,28-29,44,46,52,54,58-60,62-65,67-68,70-72H,3-4,6,8-10,12,14-16,21,24,27,30-43,45,47-51,53,55-57H2,1-2H3,(H,66,69)/b7-5-,13-11-,19-17-,20-18+,23-22-,26-25-,29-28-,46-44+,54-52+. The number of amides is 1. The second-order valence-electron chi connectivity index (χ2n) is 20.4. The van der Waals surface area contributed by atoms with Gasteiger partial charge in [-0.15, -0.1) is 0 Å². The molecule has 1 rings (SSSR count). The molecule has 1 amide bonds. The molecule has 0 spiro atoms. The first-order chi connectivity index (χ1) is 36.3. The zero-order valence-electron chi connectivity index (χ0n) is 47.1. The Morgan fingerprint density at radius 1 is 0.473 bits per heavy atom. The molecule has 0 radical (unpaired) electrons. The fraction of sp³-hybridized carbons (Fsp3) is 0.708. The Hall–Kier alpha value is -3.15. The van der Waals surface area contributed by atoms with Crippen molar-refractivity contribution in [3.63, 3.8) is 0 Å². The van der Waals surface area contributed by atoms with Crippen LogP contribution in [-0.2, 0) is 14.3 Å². The predicted octanol–water partition coefficient (Wildman–Crippen LogP) is 15.3. The van der Waals surface area contributed by atoms with Crippen molar-refractivity contribution in [1.82, 2.24) is 5.32 Å². The molecule has 0 aromatic carbocycles. The van der Waals surface area contributed by atoms with Gasteiger partial charge in [-0.25, -0.2) is 0 Å². The Kier molecular flexibility index (Phi) is 49.6. The topological polar surface area (TPSA) is 149 Å². The number of rotatable bonds is 50. The highest BCUT2D eigenvalue weighted by Crippen LogP contribution is 2.23. The van der Waals surface area contributed by atoms with Gasteiger partial charge in [-0.1, -0.05) is 245 Å². The Bertz CT molecular complexity index is 1530. The van der Waals surface area contributed by atoms with E-state index >= 15 is 0 Å². The van der Waals surface area contributed by atoms with Gasteiger partial charge in [0.05, 0.1) is 25.4 Å². The maximum Gasteiger partial charge on any atom is 0.220 e. The molecule has 1 saturated heterocycles. The Morgan fingerprint density at radius 2 is 0.851 bits per heavy atom. The Balaban J connectivity index is 2.16. The zero-order chi connectivity index (χ0) is 53.6. The molecule has 0 aromatic heterocycles. The van der Waals surface area contributed by atoms with Gasteiger partial charge in [-0.2, -0.15) is 0 Å². The van der Waals surface area contributed by atoms with Crippen molar-refractivity contribution in [2.45, 2.75) is 281 Å². The molecule has 74 heavy (non-hydrogen) atoms. The molecule has 0 saturated carbocycles. The fourth-order valence-corrected chi connectivity index (χ4v) is 8.84. The SMILES string of the molecule is CC/C=C\C/C=C\C/C=C\C/C=C\C/C=C\C/C=C\CCCCCCCCCCCCCCCCCCC(=O)NC(COC1OC(CO)C(O)C(O)C1O)C(O)/C=C/CC/C=C/CC/C=C/CCCCCCCC. The van der Waals surface area contributed by atoms with E-state index in [1.54, 1.807) is 6.08 Å². The van der Waals surface area contributed by atoms with E-state index in [0.717, 1.165) is 89.9 Å². The van der Waals surface area contributed by atoms with Crippen molar-refractivity contribution in [2.24, 2.45) is 0 Å². The highest BCUT2D eigenvalue weighted by Gasteiger charge is 2.44. The van der Waals surface area contributed by atoms with Crippen LogP contribution in [-0.4, -0.2) is 87.5 Å². The fourth-order valence-electron chi connectivity index (χ4n) is 8.84. The quantitative estimate of drug-likeness (QED) is 0.0261. The number of carbonyl (C=O) groups excluding carboxylic acids is 1. The van der Waals surface area contributed by atoms with Crippen molar-refractivity contribution < 1.29 is 39.8 Å². The van der Waals surface area contributed by atoms with Crippen LogP contribution < -0.4 is 5.32 Å². The van der Waals surface area contributed by atoms with Gasteiger partial charge < -0.3 is 40.3 Å². The van der Waals surface area contributed by atoms with Crippen molar-refractivity contribution in [3.05, 3.63) is 109 Å². The lowest BCUT2D eigenvalue weighted by Gasteiger charge is -2.40. The van der Waals surface area contributed by atoms with E-state index in [2.05, 4.69) is 116 Å². The largest absolute Gasteiger partial charge is 0.394 e. The summed E-state index contributed by atoms with van der Waals surface area (Å²) in [6, 6.07) is -0.833. The van der Waals surface area contributed by atoms with Crippen LogP contribution >= 0.6 is 0 Å². The van der Waals surface area contributed by atoms with Gasteiger partial charge in [0, 0.05) is 6.42 Å². The van der Waals surface area contributed by atoms with E-state index in [1.807, 2.05) is 6.08 Å². The van der Waals surface area contributed by atoms with E-state index in [9.17, 15) is 30.3 Å². The Morgan fingerprint density at radius 3 is 1.30 bits per heavy atom. The average Bonchev–Trinajstić information content (AvgIpc) is 3.40. The number of hydrogen-bond donors (Lipinski definition) is 6. The maximum atomic E-state index is 13.1. The molecule has 1 aliphatic heterocycles. The maximum absolute atomic E-state index is 13.1. The summed E-state index contributed by atoms with van der Waals surface area (Å²) in [7, 11) is 0. The summed E-state index contributed by atoms with van der Waals surface area (Å²) in [5.74, 6) is -0.194. The van der Waals surface area contributed by atoms with Gasteiger partial charge in [-0.05, 0) is 96.3 Å². The van der Waals surface area contributed by atoms with Crippen LogP contribution in [0.2, 0.25) is 0 Å². The molecule has 9 heteroatoms. The minimum absolute atomic E-state index is 0.194. The van der Waals surface area contributed by atoms with E-state index < -0.39 is 49.5 Å². The van der Waals surface area contributed by atoms with Gasteiger partial charge >= 0.3 is 0 Å². The third-order valence-corrected chi connectivity index (χ3v) is 13.6. The molecule has 6 N–H and O–H groups in total. The number of nitrogens with one attached hydrogen (secondary N) is 1. The second kappa shape index (κ2) is 53.3. The summed E-state index contributed by atoms with van der Waals surface area (Å²) >= 11 is 0. The lowest BCUT2D eigenvalue weighted by Crippen LogP contribution is -2.60. The monoisotopic (exact) mass is 1030 g/mol. The first kappa shape index (κ1) is 68.9. The van der Waals surface area contributed by atoms with Crippen LogP contribution in [0.25, 0.3) is 0 Å². The Labute approximate surface area is 453 Å². The number of hydrogen-bond acceptors (Lipinski definition) is 8. The van der Waals surface area contributed by atoms with E-state index in [-0.39, 0.29) is 12.5 Å². The summed E-state index contributed by atoms with van der Waals surface area (Å²) in [6.07, 6.45) is 71.6. The molecule has 424 valence electrons. The molecule has 0 aliphatic carbocycles. The van der Waals surface area contributed by atoms with Crippen LogP contribution in [0.1, 0.15) is 239 Å². The number of aliphatic hydroxyl groups is 5. The van der Waals surface area contributed by atoms with Crippen molar-refractivity contribution in [1.29, 1.82) is 0 Å². The minimum Gasteiger partial charge on any atom is -0.394 e. The highest BCUT2D eigenvalue weighted by molar-refractivity contribution is 5.76. The van der Waals surface area contributed by atoms with Gasteiger partial charge in [-0.3, -0.25) is 4.79 Å². The minimum atomic E-state index is -1.58. The predicted molar refractivity (Wildman–Crippen MR) is 313 cm³/mol. The van der Waals surface area contributed by atoms with Gasteiger partial charge in [0.1, 0.15) is 24.4 Å². The number of aliphatic hydroxyl groups excluding tert-OH is 5. The van der Waals surface area contributed by atoms with Crippen molar-refractivity contribution in [2.75, 3.05) is 13.2 Å². The molecular formula is C65H111NO8. The third kappa shape index (κ3) is 42.0. The van der Waals surface area contributed by atoms with Gasteiger partial charge in [0.2, 0.25) is 5.91 Å². The smallest absolute Gasteiger partial charge is 0.220 e. The van der Waals surface area contributed by atoms with Crippen molar-refractivity contribution in [3.8, 4) is 0 Å². The van der Waals surface area contributed by atoms with Crippen LogP contribution in [0.5, 0.6) is 0 Å². The molecule has 9 nitrogen and oxygen atoms in total. The molecule has 1 fully saturated rings. The molecule has 1 aliphatic rings. The van der Waals surface area contributed by atoms with Crippen molar-refractivity contribution >= 4 is 5.91 Å². The molecule has 7 atom stereocenters. The third-order valence-electron chi connectivity index (χ3n) is 13.6. The lowest BCUT2D eigenvalue weighted by atomic mass is 9.99. The van der Waals surface area contributed by atoms with Crippen LogP contribution in [0.15, 0.2) is 109 Å². The van der Waals surface area contributed by atoms with Crippen LogP contribution in [0, 0.1) is 0 Å². The summed E-state index contributed by atoms with van der Waals surface area (Å²) in [5.41, 5.74) is 0. The summed E-state index contributed by atoms with van der Waals surface area (Å²) in [4.78, 5) is 13.1. The number of unbranched alkanes of at least 4 members (excludes halogenated alkanes) is 24. The highest BCUT2D eigenvalue weighted by atomic mass is 16.7. The van der Waals surface area contributed by atoms with E-state index in [4.69, 9.17) is 9.47 Å². The number of allylic oxidation sites excluding steroid dienone is 17. The summed E-state index contributed by atoms with van der Waals surface area (Å²) < 4.78 is 11.2. The average molecular weight is 1030 g/mol. The van der Waals surface area contributed by atoms with Gasteiger partial charge in [0.25, 0.3) is 0 Å². The molecular weight excluding hydrogens is 923 g/mol. The van der Waals surface area contributed by atoms with Gasteiger partial charge in [0.15, 0.2) is 6.29 Å². The van der Waals surface area contributed by atoms with Crippen LogP contribution in [0.3, 0.4) is 0 Å². The zero-order valence-corrected chi connectivity index (χ0v) is 47.1. The molecule has 0 bridgehead atoms. The first-order valence-corrected chi connectivity index (χ1v) is 30.1. The molecule has 1 heterocycles. The molecule has 7 unspecified atom stereocenters. The number of ether oxygens (including phenoxy) is 2. The normalized spacial score (nSPS) is 19.8. The summed E-state index contributed by atoms with van der Waals surface area (Å²) in [5, 5.41) is 54.5. The second-order valence-corrected chi connectivity index (χ2v) is 20.4. The van der Waals surface area contributed by atoms with E-state index in [1.165, 1.54) is 128 Å². The summed E-state index contributed by atoms with van der Waals surface area (Å²) in [6.45, 7) is 3.63. The molecule has 0 aromatic rings. The lowest BCUT2D eigenvalue weighted by molar-refractivity contribution is -0.302. The number of carbonyl (C=O) groups is 1.